The number of piperidine rings is 1. The molecule has 0 spiro atoms. The number of rotatable bonds is 9. The molecule has 3 heterocycles. The lowest BCUT2D eigenvalue weighted by atomic mass is 9.96. The van der Waals surface area contributed by atoms with Gasteiger partial charge in [0.1, 0.15) is 5.82 Å². The Kier molecular flexibility index (Phi) is 8.13. The second-order valence-corrected chi connectivity index (χ2v) is 9.76. The normalized spacial score (nSPS) is 14.8. The minimum Gasteiger partial charge on any atom is -0.355 e. The Morgan fingerprint density at radius 2 is 1.77 bits per heavy atom. The predicted molar refractivity (Wildman–Crippen MR) is 142 cm³/mol. The highest BCUT2D eigenvalue weighted by Gasteiger charge is 2.26. The smallest absolute Gasteiger partial charge is 0.223 e. The molecule has 1 fully saturated rings. The third-order valence-electron chi connectivity index (χ3n) is 6.76. The van der Waals surface area contributed by atoms with Crippen LogP contribution in [0.4, 0.5) is 17.5 Å². The summed E-state index contributed by atoms with van der Waals surface area (Å²) in [4.78, 5) is 21.7. The quantitative estimate of drug-likeness (QED) is 0.479. The van der Waals surface area contributed by atoms with Gasteiger partial charge in [-0.05, 0) is 64.1 Å². The van der Waals surface area contributed by atoms with Gasteiger partial charge in [0.2, 0.25) is 5.91 Å². The summed E-state index contributed by atoms with van der Waals surface area (Å²) < 4.78 is 0. The molecule has 0 saturated carbocycles. The first kappa shape index (κ1) is 24.9. The maximum absolute atomic E-state index is 12.7. The minimum atomic E-state index is 0.0594. The van der Waals surface area contributed by atoms with Crippen LogP contribution in [-0.4, -0.2) is 64.3 Å². The summed E-state index contributed by atoms with van der Waals surface area (Å²) in [5, 5.41) is 17.4. The third kappa shape index (κ3) is 6.25. The fourth-order valence-corrected chi connectivity index (χ4v) is 4.84. The van der Waals surface area contributed by atoms with E-state index in [-0.39, 0.29) is 11.8 Å². The molecule has 0 radical (unpaired) electrons. The molecule has 1 amide bonds. The van der Waals surface area contributed by atoms with Gasteiger partial charge < -0.3 is 15.5 Å². The largest absolute Gasteiger partial charge is 0.355 e. The highest BCUT2D eigenvalue weighted by molar-refractivity contribution is 5.92. The number of pyridine rings is 1. The monoisotopic (exact) mass is 475 g/mol. The molecule has 2 N–H and O–H groups in total. The molecule has 8 heteroatoms. The Bertz CT molecular complexity index is 1090. The van der Waals surface area contributed by atoms with Crippen molar-refractivity contribution in [2.24, 2.45) is 5.92 Å². The number of fused-ring (bicyclic) bond motifs is 1. The number of carbonyl (C=O) groups excluding carboxylic acids is 1. The van der Waals surface area contributed by atoms with Crippen LogP contribution < -0.4 is 15.5 Å². The number of amides is 1. The summed E-state index contributed by atoms with van der Waals surface area (Å²) in [7, 11) is 0. The Labute approximate surface area is 208 Å². The summed E-state index contributed by atoms with van der Waals surface area (Å²) in [6.07, 6.45) is 3.44. The van der Waals surface area contributed by atoms with E-state index >= 15 is 0 Å². The Balaban J connectivity index is 1.27. The molecule has 35 heavy (non-hydrogen) atoms. The van der Waals surface area contributed by atoms with Crippen molar-refractivity contribution < 1.29 is 4.79 Å². The zero-order chi connectivity index (χ0) is 24.8. The van der Waals surface area contributed by atoms with Gasteiger partial charge in [0.15, 0.2) is 11.6 Å². The summed E-state index contributed by atoms with van der Waals surface area (Å²) in [6.45, 7) is 12.0. The van der Waals surface area contributed by atoms with E-state index < -0.39 is 0 Å². The summed E-state index contributed by atoms with van der Waals surface area (Å²) in [5.74, 6) is 2.49. The van der Waals surface area contributed by atoms with E-state index in [0.29, 0.717) is 24.4 Å². The second-order valence-electron chi connectivity index (χ2n) is 9.76. The molecular weight excluding hydrogens is 438 g/mol. The number of anilines is 3. The number of nitrogens with one attached hydrogen (secondary N) is 2. The highest BCUT2D eigenvalue weighted by atomic mass is 16.1. The van der Waals surface area contributed by atoms with Gasteiger partial charge in [-0.1, -0.05) is 24.3 Å². The second kappa shape index (κ2) is 11.4. The van der Waals surface area contributed by atoms with Gasteiger partial charge in [-0.3, -0.25) is 9.69 Å². The van der Waals surface area contributed by atoms with Crippen LogP contribution in [0, 0.1) is 5.92 Å². The molecule has 186 valence electrons. The zero-order valence-electron chi connectivity index (χ0n) is 21.2. The van der Waals surface area contributed by atoms with Crippen molar-refractivity contribution in [1.82, 2.24) is 25.4 Å². The molecule has 2 aromatic heterocycles. The number of carbonyl (C=O) groups is 1. The van der Waals surface area contributed by atoms with Crippen molar-refractivity contribution >= 4 is 34.1 Å². The van der Waals surface area contributed by atoms with Crippen LogP contribution in [-0.2, 0) is 4.79 Å². The fourth-order valence-electron chi connectivity index (χ4n) is 4.84. The average Bonchev–Trinajstić information content (AvgIpc) is 2.87. The first-order chi connectivity index (χ1) is 16.9. The molecule has 1 aliphatic rings. The van der Waals surface area contributed by atoms with E-state index in [1.165, 1.54) is 0 Å². The summed E-state index contributed by atoms with van der Waals surface area (Å²) in [5.41, 5.74) is 0. The van der Waals surface area contributed by atoms with Crippen molar-refractivity contribution in [3.63, 3.8) is 0 Å². The van der Waals surface area contributed by atoms with Gasteiger partial charge >= 0.3 is 0 Å². The lowest BCUT2D eigenvalue weighted by Crippen LogP contribution is -2.45. The number of aromatic nitrogens is 3. The molecule has 8 nitrogen and oxygen atoms in total. The van der Waals surface area contributed by atoms with Crippen molar-refractivity contribution in [1.29, 1.82) is 0 Å². The van der Waals surface area contributed by atoms with Crippen molar-refractivity contribution in [3.8, 4) is 0 Å². The van der Waals surface area contributed by atoms with Crippen LogP contribution in [0.25, 0.3) is 10.8 Å². The van der Waals surface area contributed by atoms with Crippen LogP contribution in [0.5, 0.6) is 0 Å². The summed E-state index contributed by atoms with van der Waals surface area (Å²) >= 11 is 0. The van der Waals surface area contributed by atoms with E-state index in [0.717, 1.165) is 54.9 Å². The van der Waals surface area contributed by atoms with Gasteiger partial charge in [-0.25, -0.2) is 4.98 Å². The van der Waals surface area contributed by atoms with Crippen LogP contribution in [0.15, 0.2) is 48.7 Å². The lowest BCUT2D eigenvalue weighted by Gasteiger charge is -2.33. The van der Waals surface area contributed by atoms with Crippen molar-refractivity contribution in [2.75, 3.05) is 36.4 Å². The van der Waals surface area contributed by atoms with E-state index in [2.05, 4.69) is 69.4 Å². The van der Waals surface area contributed by atoms with Gasteiger partial charge in [-0.2, -0.15) is 0 Å². The van der Waals surface area contributed by atoms with Gasteiger partial charge in [0, 0.05) is 55.8 Å². The van der Waals surface area contributed by atoms with Gasteiger partial charge in [0.25, 0.3) is 0 Å². The first-order valence-corrected chi connectivity index (χ1v) is 12.6. The predicted octanol–water partition coefficient (Wildman–Crippen LogP) is 4.22. The number of benzene rings is 1. The average molecular weight is 476 g/mol. The van der Waals surface area contributed by atoms with Gasteiger partial charge in [-0.15, -0.1) is 10.2 Å². The number of hydrogen-bond acceptors (Lipinski definition) is 7. The van der Waals surface area contributed by atoms with Crippen LogP contribution in [0.3, 0.4) is 0 Å². The molecule has 0 aliphatic carbocycles. The molecule has 0 atom stereocenters. The van der Waals surface area contributed by atoms with E-state index in [4.69, 9.17) is 0 Å². The van der Waals surface area contributed by atoms with Crippen molar-refractivity contribution in [2.45, 2.75) is 52.6 Å². The zero-order valence-corrected chi connectivity index (χ0v) is 21.2. The maximum Gasteiger partial charge on any atom is 0.223 e. The lowest BCUT2D eigenvalue weighted by molar-refractivity contribution is -0.125. The topological polar surface area (TPSA) is 86.3 Å². The molecule has 1 aliphatic heterocycles. The van der Waals surface area contributed by atoms with E-state index in [1.54, 1.807) is 6.20 Å². The SMILES string of the molecule is CC(C)N(CCNC(=O)C1CCN(c2ccc(Nc3nccc4ccccc34)nn2)CC1)C(C)C. The van der Waals surface area contributed by atoms with Gasteiger partial charge in [0.05, 0.1) is 0 Å². The van der Waals surface area contributed by atoms with E-state index in [1.807, 2.05) is 36.4 Å². The van der Waals surface area contributed by atoms with Crippen molar-refractivity contribution in [3.05, 3.63) is 48.7 Å². The Hall–Kier alpha value is -3.26. The van der Waals surface area contributed by atoms with Crippen LogP contribution >= 0.6 is 0 Å². The van der Waals surface area contributed by atoms with Crippen LogP contribution in [0.1, 0.15) is 40.5 Å². The molecule has 3 aromatic rings. The Morgan fingerprint density at radius 1 is 1.03 bits per heavy atom. The molecule has 1 saturated heterocycles. The highest BCUT2D eigenvalue weighted by Crippen LogP contribution is 2.25. The third-order valence-corrected chi connectivity index (χ3v) is 6.76. The molecule has 4 rings (SSSR count). The number of nitrogens with zero attached hydrogens (tertiary/aromatic N) is 5. The van der Waals surface area contributed by atoms with E-state index in [9.17, 15) is 4.79 Å². The minimum absolute atomic E-state index is 0.0594. The standard InChI is InChI=1S/C27H37N7O/c1-19(2)34(20(3)4)18-15-29-27(35)22-12-16-33(17-13-22)25-10-9-24(31-32-25)30-26-23-8-6-5-7-21(23)11-14-28-26/h5-11,14,19-20,22H,12-13,15-18H2,1-4H3,(H,29,35)(H,28,30,31). The molecular formula is C27H37N7O. The molecule has 1 aromatic carbocycles. The fraction of sp³-hybridized carbons (Fsp3) is 0.481. The summed E-state index contributed by atoms with van der Waals surface area (Å²) in [6, 6.07) is 15.0. The maximum atomic E-state index is 12.7. The molecule has 0 unspecified atom stereocenters. The molecule has 0 bridgehead atoms. The number of hydrogen-bond donors (Lipinski definition) is 2. The van der Waals surface area contributed by atoms with Crippen LogP contribution in [0.2, 0.25) is 0 Å². The first-order valence-electron chi connectivity index (χ1n) is 12.6. The Morgan fingerprint density at radius 3 is 2.46 bits per heavy atom.